The summed E-state index contributed by atoms with van der Waals surface area (Å²) in [6, 6.07) is 21.5. The van der Waals surface area contributed by atoms with Crippen LogP contribution in [-0.4, -0.2) is 17.5 Å². The molecule has 1 aliphatic carbocycles. The van der Waals surface area contributed by atoms with E-state index >= 15 is 0 Å². The Hall–Kier alpha value is -3.25. The van der Waals surface area contributed by atoms with E-state index in [1.54, 1.807) is 0 Å². The van der Waals surface area contributed by atoms with Crippen molar-refractivity contribution in [3.8, 4) is 11.5 Å². The highest BCUT2D eigenvalue weighted by Gasteiger charge is 2.36. The number of aromatic hydroxyl groups is 1. The van der Waals surface area contributed by atoms with Crippen LogP contribution >= 0.6 is 15.9 Å². The Bertz CT molecular complexity index is 1240. The maximum Gasteiger partial charge on any atom is 0.172 e. The Balaban J connectivity index is 1.64. The number of phenolic OH excluding ortho intramolecular Hbond substituents is 1. The molecule has 2 atom stereocenters. The van der Waals surface area contributed by atoms with Crippen molar-refractivity contribution in [3.05, 3.63) is 93.6 Å². The van der Waals surface area contributed by atoms with Crippen LogP contribution in [0.2, 0.25) is 0 Å². The molecule has 0 unspecified atom stereocenters. The molecule has 0 bridgehead atoms. The van der Waals surface area contributed by atoms with Gasteiger partial charge in [0.15, 0.2) is 17.3 Å². The molecule has 6 heteroatoms. The number of hydrogen-bond donors (Lipinski definition) is 3. The third kappa shape index (κ3) is 4.11. The Morgan fingerprint density at radius 3 is 2.48 bits per heavy atom. The minimum atomic E-state index is -0.378. The first-order valence-electron chi connectivity index (χ1n) is 11.1. The molecular formula is C27H25BrN2O3. The van der Waals surface area contributed by atoms with E-state index in [4.69, 9.17) is 4.74 Å². The number of nitrogens with one attached hydrogen (secondary N) is 2. The van der Waals surface area contributed by atoms with Crippen LogP contribution in [0.5, 0.6) is 11.5 Å². The number of anilines is 2. The van der Waals surface area contributed by atoms with Crippen molar-refractivity contribution in [2.24, 2.45) is 0 Å². The summed E-state index contributed by atoms with van der Waals surface area (Å²) >= 11 is 3.45. The number of carbonyl (C=O) groups is 1. The van der Waals surface area contributed by atoms with E-state index in [1.165, 1.54) is 5.56 Å². The number of phenols is 1. The molecular weight excluding hydrogens is 480 g/mol. The Labute approximate surface area is 201 Å². The molecule has 0 fully saturated rings. The summed E-state index contributed by atoms with van der Waals surface area (Å²) in [5, 5.41) is 17.6. The first-order chi connectivity index (χ1) is 16.0. The van der Waals surface area contributed by atoms with Crippen molar-refractivity contribution in [3.63, 3.8) is 0 Å². The average Bonchev–Trinajstić information content (AvgIpc) is 2.99. The average molecular weight is 505 g/mol. The van der Waals surface area contributed by atoms with Gasteiger partial charge in [0.1, 0.15) is 0 Å². The number of ketones is 1. The molecule has 168 valence electrons. The van der Waals surface area contributed by atoms with Gasteiger partial charge in [-0.3, -0.25) is 4.79 Å². The SMILES string of the molecule is CCOc1cc([C@@H]2Nc3ccccc3NC3=C2C(=O)C[C@@H](c2ccccc2)C3)cc(Br)c1O. The van der Waals surface area contributed by atoms with Gasteiger partial charge in [0.05, 0.1) is 28.5 Å². The molecule has 3 N–H and O–H groups in total. The summed E-state index contributed by atoms with van der Waals surface area (Å²) < 4.78 is 6.19. The van der Waals surface area contributed by atoms with E-state index in [2.05, 4.69) is 38.7 Å². The van der Waals surface area contributed by atoms with Crippen molar-refractivity contribution in [1.82, 2.24) is 0 Å². The fourth-order valence-electron chi connectivity index (χ4n) is 4.73. The van der Waals surface area contributed by atoms with Gasteiger partial charge in [-0.05, 0) is 70.6 Å². The molecule has 0 saturated heterocycles. The summed E-state index contributed by atoms with van der Waals surface area (Å²) in [4.78, 5) is 13.6. The van der Waals surface area contributed by atoms with Crippen LogP contribution in [0.25, 0.3) is 0 Å². The van der Waals surface area contributed by atoms with Crippen molar-refractivity contribution in [2.45, 2.75) is 31.7 Å². The van der Waals surface area contributed by atoms with Crippen LogP contribution in [0, 0.1) is 0 Å². The lowest BCUT2D eigenvalue weighted by Gasteiger charge is -2.30. The highest BCUT2D eigenvalue weighted by atomic mass is 79.9. The summed E-state index contributed by atoms with van der Waals surface area (Å²) in [5.74, 6) is 0.689. The van der Waals surface area contributed by atoms with Gasteiger partial charge in [-0.2, -0.15) is 0 Å². The lowest BCUT2D eigenvalue weighted by Crippen LogP contribution is -2.27. The molecule has 1 heterocycles. The third-order valence-electron chi connectivity index (χ3n) is 6.26. The second kappa shape index (κ2) is 8.94. The normalized spacial score (nSPS) is 19.6. The Morgan fingerprint density at radius 1 is 1.00 bits per heavy atom. The molecule has 5 rings (SSSR count). The van der Waals surface area contributed by atoms with Gasteiger partial charge in [0.2, 0.25) is 0 Å². The Morgan fingerprint density at radius 2 is 1.73 bits per heavy atom. The number of fused-ring (bicyclic) bond motifs is 1. The molecule has 2 aliphatic rings. The lowest BCUT2D eigenvalue weighted by atomic mass is 9.78. The van der Waals surface area contributed by atoms with Crippen LogP contribution in [0.15, 0.2) is 82.5 Å². The minimum Gasteiger partial charge on any atom is -0.503 e. The largest absolute Gasteiger partial charge is 0.503 e. The smallest absolute Gasteiger partial charge is 0.172 e. The van der Waals surface area contributed by atoms with Crippen molar-refractivity contribution >= 4 is 33.1 Å². The van der Waals surface area contributed by atoms with E-state index in [-0.39, 0.29) is 23.5 Å². The standard InChI is InChI=1S/C27H25BrN2O3/c1-2-33-24-15-18(12-19(28)27(24)32)26-25-22(29-20-10-6-7-11-21(20)30-26)13-17(14-23(25)31)16-8-4-3-5-9-16/h3-12,15,17,26,29-30,32H,2,13-14H2,1H3/t17-,26-/m0/s1. The lowest BCUT2D eigenvalue weighted by molar-refractivity contribution is -0.116. The van der Waals surface area contributed by atoms with Gasteiger partial charge in [-0.25, -0.2) is 0 Å². The van der Waals surface area contributed by atoms with Gasteiger partial charge >= 0.3 is 0 Å². The molecule has 0 saturated carbocycles. The monoisotopic (exact) mass is 504 g/mol. The van der Waals surface area contributed by atoms with Crippen LogP contribution in [-0.2, 0) is 4.79 Å². The number of hydrogen-bond acceptors (Lipinski definition) is 5. The number of ether oxygens (including phenoxy) is 1. The zero-order valence-corrected chi connectivity index (χ0v) is 19.9. The molecule has 0 amide bonds. The molecule has 3 aromatic carbocycles. The number of allylic oxidation sites excluding steroid dienone is 1. The highest BCUT2D eigenvalue weighted by Crippen LogP contribution is 2.46. The molecule has 3 aromatic rings. The first-order valence-corrected chi connectivity index (χ1v) is 11.9. The number of halogens is 1. The molecule has 5 nitrogen and oxygen atoms in total. The van der Waals surface area contributed by atoms with Crippen LogP contribution in [0.3, 0.4) is 0 Å². The zero-order valence-electron chi connectivity index (χ0n) is 18.3. The van der Waals surface area contributed by atoms with E-state index in [9.17, 15) is 9.90 Å². The highest BCUT2D eigenvalue weighted by molar-refractivity contribution is 9.10. The fraction of sp³-hybridized carbons (Fsp3) is 0.222. The second-order valence-corrected chi connectivity index (χ2v) is 9.22. The summed E-state index contributed by atoms with van der Waals surface area (Å²) in [5.41, 5.74) is 5.55. The van der Waals surface area contributed by atoms with Crippen LogP contribution < -0.4 is 15.4 Å². The number of benzene rings is 3. The van der Waals surface area contributed by atoms with E-state index in [1.807, 2.05) is 61.5 Å². The fourth-order valence-corrected chi connectivity index (χ4v) is 5.19. The van der Waals surface area contributed by atoms with Crippen molar-refractivity contribution in [2.75, 3.05) is 17.2 Å². The van der Waals surface area contributed by atoms with Gasteiger partial charge < -0.3 is 20.5 Å². The molecule has 0 radical (unpaired) electrons. The predicted molar refractivity (Wildman–Crippen MR) is 134 cm³/mol. The molecule has 0 spiro atoms. The van der Waals surface area contributed by atoms with Crippen molar-refractivity contribution in [1.29, 1.82) is 0 Å². The third-order valence-corrected chi connectivity index (χ3v) is 6.87. The number of carbonyl (C=O) groups excluding carboxylic acids is 1. The molecule has 33 heavy (non-hydrogen) atoms. The minimum absolute atomic E-state index is 0.0565. The summed E-state index contributed by atoms with van der Waals surface area (Å²) in [6.45, 7) is 2.30. The number of Topliss-reactive ketones (excluding diaryl/α,β-unsaturated/α-hetero) is 1. The van der Waals surface area contributed by atoms with Gasteiger partial charge in [0.25, 0.3) is 0 Å². The Kier molecular flexibility index (Phi) is 5.85. The van der Waals surface area contributed by atoms with Crippen molar-refractivity contribution < 1.29 is 14.6 Å². The van der Waals surface area contributed by atoms with E-state index in [0.29, 0.717) is 23.2 Å². The quantitative estimate of drug-likeness (QED) is 0.376. The second-order valence-electron chi connectivity index (χ2n) is 8.36. The van der Waals surface area contributed by atoms with Crippen LogP contribution in [0.1, 0.15) is 42.9 Å². The number of rotatable bonds is 4. The maximum atomic E-state index is 13.6. The zero-order chi connectivity index (χ0) is 22.9. The van der Waals surface area contributed by atoms with Gasteiger partial charge in [-0.15, -0.1) is 0 Å². The molecule has 1 aliphatic heterocycles. The first kappa shape index (κ1) is 21.6. The van der Waals surface area contributed by atoms with Gasteiger partial charge in [-0.1, -0.05) is 42.5 Å². The number of para-hydroxylation sites is 2. The predicted octanol–water partition coefficient (Wildman–Crippen LogP) is 6.53. The van der Waals surface area contributed by atoms with E-state index < -0.39 is 0 Å². The maximum absolute atomic E-state index is 13.6. The molecule has 0 aromatic heterocycles. The summed E-state index contributed by atoms with van der Waals surface area (Å²) in [7, 11) is 0. The van der Waals surface area contributed by atoms with Gasteiger partial charge in [0, 0.05) is 17.7 Å². The van der Waals surface area contributed by atoms with E-state index in [0.717, 1.165) is 34.6 Å². The topological polar surface area (TPSA) is 70.6 Å². The van der Waals surface area contributed by atoms with Crippen LogP contribution in [0.4, 0.5) is 11.4 Å². The summed E-state index contributed by atoms with van der Waals surface area (Å²) in [6.07, 6.45) is 1.20.